The minimum absolute atomic E-state index is 0.0617. The van der Waals surface area contributed by atoms with Crippen LogP contribution in [-0.4, -0.2) is 66.7 Å². The van der Waals surface area contributed by atoms with Gasteiger partial charge < -0.3 is 29.9 Å². The number of carbonyl (C=O) groups is 1. The quantitative estimate of drug-likeness (QED) is 0.429. The summed E-state index contributed by atoms with van der Waals surface area (Å²) in [6.45, 7) is 6.94. The number of fused-ring (bicyclic) bond motifs is 1. The van der Waals surface area contributed by atoms with Crippen LogP contribution in [0, 0.1) is 6.92 Å². The first kappa shape index (κ1) is 27.5. The zero-order valence-corrected chi connectivity index (χ0v) is 22.5. The van der Waals surface area contributed by atoms with E-state index in [0.717, 1.165) is 37.2 Å². The number of rotatable bonds is 6. The van der Waals surface area contributed by atoms with Crippen molar-refractivity contribution in [2.45, 2.75) is 32.5 Å². The number of aromatic nitrogens is 2. The van der Waals surface area contributed by atoms with Gasteiger partial charge in [0.05, 0.1) is 11.6 Å². The largest absolute Gasteiger partial charge is 0.483 e. The van der Waals surface area contributed by atoms with Crippen LogP contribution >= 0.6 is 0 Å². The summed E-state index contributed by atoms with van der Waals surface area (Å²) in [6.07, 6.45) is -2.34. The summed E-state index contributed by atoms with van der Waals surface area (Å²) in [4.78, 5) is 25.6. The highest BCUT2D eigenvalue weighted by atomic mass is 19.4. The van der Waals surface area contributed by atoms with E-state index in [-0.39, 0.29) is 23.2 Å². The molecule has 1 atom stereocenters. The smallest absolute Gasteiger partial charge is 0.416 e. The number of ether oxygens (including phenoxy) is 2. The molecule has 0 radical (unpaired) electrons. The molecule has 1 amide bonds. The fourth-order valence-electron chi connectivity index (χ4n) is 4.55. The van der Waals surface area contributed by atoms with Crippen LogP contribution in [0.1, 0.15) is 34.8 Å². The molecule has 9 nitrogen and oxygen atoms in total. The Bertz CT molecular complexity index is 1390. The first-order chi connectivity index (χ1) is 19.1. The summed E-state index contributed by atoms with van der Waals surface area (Å²) < 4.78 is 53.0. The number of halogens is 3. The van der Waals surface area contributed by atoms with Gasteiger partial charge in [0.2, 0.25) is 5.75 Å². The van der Waals surface area contributed by atoms with Crippen molar-refractivity contribution in [3.63, 3.8) is 0 Å². The lowest BCUT2D eigenvalue weighted by molar-refractivity contribution is -0.137. The van der Waals surface area contributed by atoms with Crippen LogP contribution in [-0.2, 0) is 6.18 Å². The number of nitrogens with zero attached hydrogens (tertiary/aromatic N) is 4. The SMILES string of the molecule is CC[C@H]1COc2c(ncnc2Oc2cc(C(=O)Nc3cc(N4CCN(C)CC4)cc(C(F)(F)F)c3)ccc2C)N1. The molecular weight excluding hydrogens is 525 g/mol. The summed E-state index contributed by atoms with van der Waals surface area (Å²) in [5, 5.41) is 5.92. The molecule has 0 aliphatic carbocycles. The van der Waals surface area contributed by atoms with Crippen LogP contribution in [0.25, 0.3) is 0 Å². The lowest BCUT2D eigenvalue weighted by Gasteiger charge is -2.34. The molecule has 212 valence electrons. The van der Waals surface area contributed by atoms with Crippen molar-refractivity contribution in [2.75, 3.05) is 55.4 Å². The van der Waals surface area contributed by atoms with Crippen molar-refractivity contribution in [3.8, 4) is 17.4 Å². The second-order valence-electron chi connectivity index (χ2n) is 10.0. The monoisotopic (exact) mass is 556 g/mol. The van der Waals surface area contributed by atoms with Gasteiger partial charge in [0.25, 0.3) is 11.8 Å². The number of likely N-dealkylation sites (N-methyl/N-ethyl adjacent to an activating group) is 1. The molecule has 3 heterocycles. The number of anilines is 3. The fraction of sp³-hybridized carbons (Fsp3) is 0.393. The predicted molar refractivity (Wildman–Crippen MR) is 146 cm³/mol. The lowest BCUT2D eigenvalue weighted by Crippen LogP contribution is -2.44. The number of amides is 1. The summed E-state index contributed by atoms with van der Waals surface area (Å²) in [5.41, 5.74) is 0.604. The van der Waals surface area contributed by atoms with Crippen LogP contribution in [0.4, 0.5) is 30.4 Å². The Morgan fingerprint density at radius 3 is 2.65 bits per heavy atom. The van der Waals surface area contributed by atoms with Crippen LogP contribution in [0.5, 0.6) is 17.4 Å². The van der Waals surface area contributed by atoms with E-state index in [9.17, 15) is 18.0 Å². The van der Waals surface area contributed by atoms with Crippen molar-refractivity contribution < 1.29 is 27.4 Å². The molecule has 1 aromatic heterocycles. The van der Waals surface area contributed by atoms with Crippen molar-refractivity contribution in [1.82, 2.24) is 14.9 Å². The standard InChI is InChI=1S/C28H31F3N6O3/c1-4-20-15-39-24-25(34-20)32-16-33-27(24)40-23-11-18(6-5-17(23)2)26(38)35-21-12-19(28(29,30)31)13-22(14-21)37-9-7-36(3)8-10-37/h5-6,11-14,16,20H,4,7-10,15H2,1-3H3,(H,35,38)(H,32,33,34)/t20-/m0/s1. The van der Waals surface area contributed by atoms with Gasteiger partial charge in [-0.15, -0.1) is 0 Å². The average molecular weight is 557 g/mol. The molecule has 0 unspecified atom stereocenters. The lowest BCUT2D eigenvalue weighted by atomic mass is 10.1. The van der Waals surface area contributed by atoms with E-state index in [1.54, 1.807) is 18.2 Å². The number of carbonyl (C=O) groups excluding carboxylic acids is 1. The minimum Gasteiger partial charge on any atom is -0.483 e. The van der Waals surface area contributed by atoms with Crippen molar-refractivity contribution >= 4 is 23.1 Å². The Morgan fingerprint density at radius 2 is 1.93 bits per heavy atom. The number of aryl methyl sites for hydroxylation is 1. The minimum atomic E-state index is -4.56. The molecule has 2 aromatic carbocycles. The molecule has 3 aromatic rings. The van der Waals surface area contributed by atoms with E-state index < -0.39 is 17.6 Å². The molecule has 0 spiro atoms. The van der Waals surface area contributed by atoms with Crippen molar-refractivity contribution in [1.29, 1.82) is 0 Å². The maximum absolute atomic E-state index is 13.7. The third-order valence-electron chi connectivity index (χ3n) is 7.06. The summed E-state index contributed by atoms with van der Waals surface area (Å²) >= 11 is 0. The maximum atomic E-state index is 13.7. The molecule has 0 saturated carbocycles. The summed E-state index contributed by atoms with van der Waals surface area (Å²) in [7, 11) is 1.97. The molecule has 40 heavy (non-hydrogen) atoms. The molecular formula is C28H31F3N6O3. The van der Waals surface area contributed by atoms with Gasteiger partial charge in [-0.25, -0.2) is 4.98 Å². The van der Waals surface area contributed by atoms with Crippen LogP contribution in [0.15, 0.2) is 42.7 Å². The normalized spacial score (nSPS) is 17.4. The van der Waals surface area contributed by atoms with Crippen LogP contribution in [0.3, 0.4) is 0 Å². The molecule has 5 rings (SSSR count). The Morgan fingerprint density at radius 1 is 1.15 bits per heavy atom. The molecule has 2 aliphatic rings. The topological polar surface area (TPSA) is 91.8 Å². The first-order valence-electron chi connectivity index (χ1n) is 13.1. The number of hydrogen-bond acceptors (Lipinski definition) is 8. The first-order valence-corrected chi connectivity index (χ1v) is 13.1. The summed E-state index contributed by atoms with van der Waals surface area (Å²) in [5.74, 6) is 0.887. The highest BCUT2D eigenvalue weighted by Crippen LogP contribution is 2.39. The second kappa shape index (κ2) is 11.2. The van der Waals surface area contributed by atoms with Gasteiger partial charge in [-0.1, -0.05) is 13.0 Å². The number of nitrogens with one attached hydrogen (secondary N) is 2. The third-order valence-corrected chi connectivity index (χ3v) is 7.06. The molecule has 12 heteroatoms. The van der Waals surface area contributed by atoms with E-state index in [2.05, 4.69) is 25.5 Å². The van der Waals surface area contributed by atoms with E-state index in [1.807, 2.05) is 25.8 Å². The van der Waals surface area contributed by atoms with Gasteiger partial charge >= 0.3 is 6.18 Å². The molecule has 0 bridgehead atoms. The highest BCUT2D eigenvalue weighted by molar-refractivity contribution is 6.05. The zero-order valence-electron chi connectivity index (χ0n) is 22.5. The van der Waals surface area contributed by atoms with E-state index in [4.69, 9.17) is 9.47 Å². The fourth-order valence-corrected chi connectivity index (χ4v) is 4.55. The second-order valence-corrected chi connectivity index (χ2v) is 10.0. The van der Waals surface area contributed by atoms with Crippen LogP contribution in [0.2, 0.25) is 0 Å². The molecule has 1 saturated heterocycles. The average Bonchev–Trinajstić information content (AvgIpc) is 2.93. The van der Waals surface area contributed by atoms with Gasteiger partial charge in [-0.2, -0.15) is 18.2 Å². The van der Waals surface area contributed by atoms with Crippen molar-refractivity contribution in [2.24, 2.45) is 0 Å². The van der Waals surface area contributed by atoms with E-state index in [1.165, 1.54) is 12.4 Å². The van der Waals surface area contributed by atoms with E-state index in [0.29, 0.717) is 42.7 Å². The Balaban J connectivity index is 1.38. The third kappa shape index (κ3) is 6.06. The van der Waals surface area contributed by atoms with Gasteiger partial charge in [-0.05, 0) is 56.3 Å². The predicted octanol–water partition coefficient (Wildman–Crippen LogP) is 5.18. The highest BCUT2D eigenvalue weighted by Gasteiger charge is 2.32. The molecule has 2 aliphatic heterocycles. The van der Waals surface area contributed by atoms with Gasteiger partial charge in [-0.3, -0.25) is 4.79 Å². The number of piperazine rings is 1. The maximum Gasteiger partial charge on any atom is 0.416 e. The van der Waals surface area contributed by atoms with Crippen LogP contribution < -0.4 is 25.0 Å². The number of hydrogen-bond donors (Lipinski definition) is 2. The van der Waals surface area contributed by atoms with E-state index >= 15 is 0 Å². The number of benzene rings is 2. The van der Waals surface area contributed by atoms with Crippen molar-refractivity contribution in [3.05, 3.63) is 59.4 Å². The Labute approximate surface area is 230 Å². The molecule has 1 fully saturated rings. The van der Waals surface area contributed by atoms with Gasteiger partial charge in [0.1, 0.15) is 18.7 Å². The van der Waals surface area contributed by atoms with Gasteiger partial charge in [0.15, 0.2) is 5.82 Å². The molecule has 2 N–H and O–H groups in total. The summed E-state index contributed by atoms with van der Waals surface area (Å²) in [6, 6.07) is 8.59. The zero-order chi connectivity index (χ0) is 28.4. The Hall–Kier alpha value is -4.06. The number of alkyl halides is 3. The van der Waals surface area contributed by atoms with Gasteiger partial charge in [0, 0.05) is 43.1 Å². The Kier molecular flexibility index (Phi) is 7.70.